The summed E-state index contributed by atoms with van der Waals surface area (Å²) in [5, 5.41) is 20.4. The van der Waals surface area contributed by atoms with Crippen LogP contribution < -0.4 is 0 Å². The molecule has 0 amide bonds. The lowest BCUT2D eigenvalue weighted by Gasteiger charge is -2.20. The molecule has 0 aliphatic rings. The summed E-state index contributed by atoms with van der Waals surface area (Å²) in [5.74, 6) is -3.00. The second-order valence-corrected chi connectivity index (χ2v) is 7.05. The first-order chi connectivity index (χ1) is 13.3. The molecule has 0 bridgehead atoms. The minimum absolute atomic E-state index is 0.0163. The molecule has 2 atom stereocenters. The summed E-state index contributed by atoms with van der Waals surface area (Å²) in [5.41, 5.74) is 1.62. The number of carboxylic acids is 1. The van der Waals surface area contributed by atoms with Gasteiger partial charge in [-0.15, -0.1) is 0 Å². The van der Waals surface area contributed by atoms with Crippen molar-refractivity contribution in [2.45, 2.75) is 33.1 Å². The number of phenolic OH excluding ortho intramolecular Hbond substituents is 1. The van der Waals surface area contributed by atoms with E-state index in [2.05, 4.69) is 0 Å². The number of phenols is 1. The van der Waals surface area contributed by atoms with Gasteiger partial charge in [-0.05, 0) is 54.8 Å². The number of nitrogens with zero attached hydrogens (tertiary/aromatic N) is 1. The lowest BCUT2D eigenvalue weighted by atomic mass is 9.84. The normalized spacial score (nSPS) is 13.4. The molecule has 5 nitrogen and oxygen atoms in total. The molecule has 0 aliphatic heterocycles. The van der Waals surface area contributed by atoms with Crippen molar-refractivity contribution in [2.24, 2.45) is 5.92 Å². The Hall–Kier alpha value is -3.15. The van der Waals surface area contributed by atoms with E-state index in [0.29, 0.717) is 28.6 Å². The van der Waals surface area contributed by atoms with Crippen LogP contribution in [0.4, 0.5) is 4.39 Å². The highest BCUT2D eigenvalue weighted by molar-refractivity contribution is 6.05. The number of carboxylic acid groups (broad SMARTS) is 1. The van der Waals surface area contributed by atoms with E-state index in [-0.39, 0.29) is 17.2 Å². The lowest BCUT2D eigenvalue weighted by molar-refractivity contribution is -0.140. The van der Waals surface area contributed by atoms with E-state index >= 15 is 0 Å². The minimum Gasteiger partial charge on any atom is -0.508 e. The van der Waals surface area contributed by atoms with Gasteiger partial charge in [0, 0.05) is 16.6 Å². The molecule has 0 fully saturated rings. The van der Waals surface area contributed by atoms with Crippen molar-refractivity contribution < 1.29 is 24.2 Å². The Kier molecular flexibility index (Phi) is 5.23. The average molecular weight is 383 g/mol. The van der Waals surface area contributed by atoms with Crippen LogP contribution in [0.2, 0.25) is 0 Å². The molecule has 0 spiro atoms. The number of rotatable bonds is 5. The number of carbonyl (C=O) groups excluding carboxylic acids is 1. The second kappa shape index (κ2) is 7.46. The largest absolute Gasteiger partial charge is 0.508 e. The first kappa shape index (κ1) is 19.6. The van der Waals surface area contributed by atoms with E-state index in [9.17, 15) is 24.2 Å². The van der Waals surface area contributed by atoms with E-state index in [1.54, 1.807) is 13.0 Å². The number of aliphatic carboxylic acids is 1. The molecule has 0 saturated heterocycles. The molecule has 2 aromatic carbocycles. The summed E-state index contributed by atoms with van der Waals surface area (Å²) in [6, 6.07) is 9.87. The summed E-state index contributed by atoms with van der Waals surface area (Å²) in [6.07, 6.45) is 0.639. The Morgan fingerprint density at radius 2 is 1.89 bits per heavy atom. The predicted octanol–water partition coefficient (Wildman–Crippen LogP) is 4.70. The number of fused-ring (bicyclic) bond motifs is 1. The third-order valence-corrected chi connectivity index (χ3v) is 5.30. The summed E-state index contributed by atoms with van der Waals surface area (Å²) < 4.78 is 15.0. The smallest absolute Gasteiger partial charge is 0.311 e. The molecule has 0 aliphatic carbocycles. The maximum atomic E-state index is 13.6. The highest BCUT2D eigenvalue weighted by atomic mass is 19.1. The van der Waals surface area contributed by atoms with Gasteiger partial charge in [-0.3, -0.25) is 14.2 Å². The summed E-state index contributed by atoms with van der Waals surface area (Å²) >= 11 is 0. The van der Waals surface area contributed by atoms with Gasteiger partial charge in [0.2, 0.25) is 0 Å². The summed E-state index contributed by atoms with van der Waals surface area (Å²) in [4.78, 5) is 25.2. The van der Waals surface area contributed by atoms with Crippen molar-refractivity contribution in [2.75, 3.05) is 0 Å². The van der Waals surface area contributed by atoms with Crippen LogP contribution in [0, 0.1) is 18.7 Å². The zero-order chi connectivity index (χ0) is 20.6. The SMILES string of the molecule is CC[C@@H](C)C(C(=O)O)c1c(C)n(C(=O)c2cccc(F)c2)c2ccc(O)cc12. The van der Waals surface area contributed by atoms with Crippen molar-refractivity contribution in [1.82, 2.24) is 4.57 Å². The topological polar surface area (TPSA) is 79.5 Å². The van der Waals surface area contributed by atoms with Crippen LogP contribution in [-0.2, 0) is 4.79 Å². The fourth-order valence-corrected chi connectivity index (χ4v) is 3.72. The van der Waals surface area contributed by atoms with E-state index in [4.69, 9.17) is 0 Å². The lowest BCUT2D eigenvalue weighted by Crippen LogP contribution is -2.21. The molecule has 1 aromatic heterocycles. The molecule has 0 radical (unpaired) electrons. The van der Waals surface area contributed by atoms with Crippen molar-refractivity contribution in [3.05, 3.63) is 65.1 Å². The molecular weight excluding hydrogens is 361 g/mol. The Balaban J connectivity index is 2.32. The van der Waals surface area contributed by atoms with Gasteiger partial charge in [0.25, 0.3) is 5.91 Å². The van der Waals surface area contributed by atoms with Gasteiger partial charge in [-0.2, -0.15) is 0 Å². The monoisotopic (exact) mass is 383 g/mol. The van der Waals surface area contributed by atoms with Gasteiger partial charge in [0.15, 0.2) is 0 Å². The number of carbonyl (C=O) groups is 2. The van der Waals surface area contributed by atoms with Crippen molar-refractivity contribution in [3.63, 3.8) is 0 Å². The summed E-state index contributed by atoms with van der Waals surface area (Å²) in [6.45, 7) is 5.44. The Labute approximate surface area is 162 Å². The Bertz CT molecular complexity index is 1070. The van der Waals surface area contributed by atoms with Crippen LogP contribution in [-0.4, -0.2) is 26.7 Å². The molecule has 146 valence electrons. The molecule has 3 aromatic rings. The third-order valence-electron chi connectivity index (χ3n) is 5.30. The molecule has 2 N–H and O–H groups in total. The highest BCUT2D eigenvalue weighted by Crippen LogP contribution is 2.38. The molecule has 28 heavy (non-hydrogen) atoms. The standard InChI is InChI=1S/C22H22FNO4/c1-4-12(2)19(22(27)28)20-13(3)24(18-9-8-16(25)11-17(18)20)21(26)14-6-5-7-15(23)10-14/h5-12,19,25H,4H2,1-3H3,(H,27,28)/t12-,19?/m1/s1. The second-order valence-electron chi connectivity index (χ2n) is 7.05. The zero-order valence-electron chi connectivity index (χ0n) is 15.9. The molecule has 6 heteroatoms. The van der Waals surface area contributed by atoms with E-state index in [0.717, 1.165) is 6.07 Å². The molecular formula is C22H22FNO4. The van der Waals surface area contributed by atoms with Gasteiger partial charge in [-0.1, -0.05) is 26.3 Å². The van der Waals surface area contributed by atoms with Crippen LogP contribution >= 0.6 is 0 Å². The van der Waals surface area contributed by atoms with Crippen LogP contribution in [0.15, 0.2) is 42.5 Å². The van der Waals surface area contributed by atoms with Crippen LogP contribution in [0.1, 0.15) is 47.8 Å². The number of halogens is 1. The first-order valence-corrected chi connectivity index (χ1v) is 9.13. The number of hydrogen-bond acceptors (Lipinski definition) is 3. The molecule has 0 saturated carbocycles. The van der Waals surface area contributed by atoms with Gasteiger partial charge in [-0.25, -0.2) is 4.39 Å². The quantitative estimate of drug-likeness (QED) is 0.669. The molecule has 3 rings (SSSR count). The first-order valence-electron chi connectivity index (χ1n) is 9.13. The van der Waals surface area contributed by atoms with Crippen LogP contribution in [0.25, 0.3) is 10.9 Å². The van der Waals surface area contributed by atoms with Crippen LogP contribution in [0.3, 0.4) is 0 Å². The maximum Gasteiger partial charge on any atom is 0.311 e. The Morgan fingerprint density at radius 1 is 1.18 bits per heavy atom. The van der Waals surface area contributed by atoms with Crippen molar-refractivity contribution in [1.29, 1.82) is 0 Å². The average Bonchev–Trinajstić information content (AvgIpc) is 2.92. The van der Waals surface area contributed by atoms with Crippen molar-refractivity contribution >= 4 is 22.8 Å². The Morgan fingerprint density at radius 3 is 2.50 bits per heavy atom. The van der Waals surface area contributed by atoms with Gasteiger partial charge in [0.05, 0.1) is 11.4 Å². The fourth-order valence-electron chi connectivity index (χ4n) is 3.72. The number of aromatic nitrogens is 1. The molecule has 1 heterocycles. The zero-order valence-corrected chi connectivity index (χ0v) is 15.9. The highest BCUT2D eigenvalue weighted by Gasteiger charge is 2.32. The third kappa shape index (κ3) is 3.26. The van der Waals surface area contributed by atoms with Crippen molar-refractivity contribution in [3.8, 4) is 5.75 Å². The fraction of sp³-hybridized carbons (Fsp3) is 0.273. The van der Waals surface area contributed by atoms with E-state index < -0.39 is 23.6 Å². The van der Waals surface area contributed by atoms with Gasteiger partial charge in [0.1, 0.15) is 11.6 Å². The number of hydrogen-bond donors (Lipinski definition) is 2. The van der Waals surface area contributed by atoms with Gasteiger partial charge >= 0.3 is 5.97 Å². The summed E-state index contributed by atoms with van der Waals surface area (Å²) in [7, 11) is 0. The minimum atomic E-state index is -0.988. The van der Waals surface area contributed by atoms with E-state index in [1.165, 1.54) is 34.9 Å². The predicted molar refractivity (Wildman–Crippen MR) is 104 cm³/mol. The van der Waals surface area contributed by atoms with E-state index in [1.807, 2.05) is 13.8 Å². The maximum absolute atomic E-state index is 13.6. The molecule has 1 unspecified atom stereocenters. The van der Waals surface area contributed by atoms with Crippen LogP contribution in [0.5, 0.6) is 5.75 Å². The number of benzene rings is 2. The van der Waals surface area contributed by atoms with Gasteiger partial charge < -0.3 is 10.2 Å². The number of aromatic hydroxyl groups is 1.